The molecule has 2 rings (SSSR count). The van der Waals surface area contributed by atoms with Crippen LogP contribution in [0.25, 0.3) is 0 Å². The molecule has 0 spiro atoms. The molecule has 5 nitrogen and oxygen atoms in total. The summed E-state index contributed by atoms with van der Waals surface area (Å²) in [5, 5.41) is 9.44. The molecule has 0 radical (unpaired) electrons. The number of likely N-dealkylation sites (tertiary alicyclic amines) is 1. The molecule has 1 aliphatic heterocycles. The van der Waals surface area contributed by atoms with Gasteiger partial charge in [-0.15, -0.1) is 0 Å². The number of nitrogens with zero attached hydrogens (tertiary/aromatic N) is 1. The van der Waals surface area contributed by atoms with Crippen molar-refractivity contribution in [2.75, 3.05) is 6.54 Å². The molecular formula is C14H24N2O3. The number of carboxylic acids is 1. The molecule has 2 fully saturated rings. The molecule has 19 heavy (non-hydrogen) atoms. The summed E-state index contributed by atoms with van der Waals surface area (Å²) in [5.41, 5.74) is 5.14. The average molecular weight is 268 g/mol. The fourth-order valence-electron chi connectivity index (χ4n) is 3.79. The van der Waals surface area contributed by atoms with Gasteiger partial charge in [-0.05, 0) is 38.0 Å². The van der Waals surface area contributed by atoms with Crippen molar-refractivity contribution in [2.45, 2.75) is 57.5 Å². The zero-order valence-corrected chi connectivity index (χ0v) is 11.8. The standard InChI is InChI=1S/C14H24N2O3/c1-3-7-14(2,15)13(19)16-8-9-5-4-6-10(9)11(16)12(17)18/h9-11H,3-8,15H2,1-2H3,(H,17,18). The Kier molecular flexibility index (Phi) is 3.85. The molecule has 0 aromatic rings. The van der Waals surface area contributed by atoms with Gasteiger partial charge in [0, 0.05) is 6.54 Å². The number of amides is 1. The quantitative estimate of drug-likeness (QED) is 0.803. The lowest BCUT2D eigenvalue weighted by atomic mass is 9.93. The Morgan fingerprint density at radius 1 is 1.42 bits per heavy atom. The number of aliphatic carboxylic acids is 1. The zero-order valence-electron chi connectivity index (χ0n) is 11.8. The second-order valence-electron chi connectivity index (χ2n) is 6.26. The first kappa shape index (κ1) is 14.3. The summed E-state index contributed by atoms with van der Waals surface area (Å²) in [5.74, 6) is -0.604. The molecule has 4 unspecified atom stereocenters. The van der Waals surface area contributed by atoms with Crippen LogP contribution in [0.2, 0.25) is 0 Å². The molecule has 1 amide bonds. The molecule has 1 saturated carbocycles. The maximum Gasteiger partial charge on any atom is 0.326 e. The number of nitrogens with two attached hydrogens (primary N) is 1. The van der Waals surface area contributed by atoms with Crippen LogP contribution >= 0.6 is 0 Å². The van der Waals surface area contributed by atoms with Crippen molar-refractivity contribution in [3.05, 3.63) is 0 Å². The van der Waals surface area contributed by atoms with Crippen molar-refractivity contribution < 1.29 is 14.7 Å². The highest BCUT2D eigenvalue weighted by Gasteiger charge is 2.51. The fraction of sp³-hybridized carbons (Fsp3) is 0.857. The Hall–Kier alpha value is -1.10. The molecule has 0 aromatic carbocycles. The Labute approximate surface area is 114 Å². The molecular weight excluding hydrogens is 244 g/mol. The summed E-state index contributed by atoms with van der Waals surface area (Å²) in [6.45, 7) is 4.26. The number of hydrogen-bond donors (Lipinski definition) is 2. The fourth-order valence-corrected chi connectivity index (χ4v) is 3.79. The van der Waals surface area contributed by atoms with E-state index in [1.54, 1.807) is 6.92 Å². The minimum absolute atomic E-state index is 0.124. The summed E-state index contributed by atoms with van der Waals surface area (Å²) in [6.07, 6.45) is 4.44. The maximum absolute atomic E-state index is 12.5. The first-order chi connectivity index (χ1) is 8.88. The highest BCUT2D eigenvalue weighted by atomic mass is 16.4. The SMILES string of the molecule is CCCC(C)(N)C(=O)N1CC2CCCC2C1C(=O)O. The third-order valence-electron chi connectivity index (χ3n) is 4.66. The molecule has 0 aromatic heterocycles. The molecule has 4 atom stereocenters. The monoisotopic (exact) mass is 268 g/mol. The lowest BCUT2D eigenvalue weighted by Gasteiger charge is -2.32. The van der Waals surface area contributed by atoms with Crippen molar-refractivity contribution >= 4 is 11.9 Å². The van der Waals surface area contributed by atoms with E-state index in [-0.39, 0.29) is 11.8 Å². The number of fused-ring (bicyclic) bond motifs is 1. The van der Waals surface area contributed by atoms with Gasteiger partial charge < -0.3 is 15.7 Å². The molecule has 1 saturated heterocycles. The van der Waals surface area contributed by atoms with Crippen LogP contribution in [0.4, 0.5) is 0 Å². The van der Waals surface area contributed by atoms with Gasteiger partial charge in [0.25, 0.3) is 0 Å². The van der Waals surface area contributed by atoms with E-state index in [9.17, 15) is 14.7 Å². The molecule has 108 valence electrons. The van der Waals surface area contributed by atoms with Gasteiger partial charge in [-0.1, -0.05) is 19.8 Å². The topological polar surface area (TPSA) is 83.6 Å². The summed E-state index contributed by atoms with van der Waals surface area (Å²) in [6, 6.07) is -0.667. The van der Waals surface area contributed by atoms with Crippen molar-refractivity contribution in [1.29, 1.82) is 0 Å². The predicted octanol–water partition coefficient (Wildman–Crippen LogP) is 1.22. The molecule has 1 aliphatic carbocycles. The van der Waals surface area contributed by atoms with Gasteiger partial charge in [0.2, 0.25) is 5.91 Å². The summed E-state index contributed by atoms with van der Waals surface area (Å²) >= 11 is 0. The van der Waals surface area contributed by atoms with Crippen LogP contribution in [0.3, 0.4) is 0 Å². The second kappa shape index (κ2) is 5.12. The Bertz CT molecular complexity index is 381. The Balaban J connectivity index is 2.19. The molecule has 3 N–H and O–H groups in total. The van der Waals surface area contributed by atoms with Crippen LogP contribution in [0.1, 0.15) is 46.0 Å². The van der Waals surface area contributed by atoms with Crippen LogP contribution in [0.15, 0.2) is 0 Å². The van der Waals surface area contributed by atoms with Gasteiger partial charge in [0.15, 0.2) is 0 Å². The Morgan fingerprint density at radius 3 is 2.68 bits per heavy atom. The van der Waals surface area contributed by atoms with Crippen LogP contribution < -0.4 is 5.73 Å². The number of hydrogen-bond acceptors (Lipinski definition) is 3. The molecule has 0 bridgehead atoms. The van der Waals surface area contributed by atoms with Gasteiger partial charge in [-0.3, -0.25) is 4.79 Å². The van der Waals surface area contributed by atoms with Crippen molar-refractivity contribution in [3.63, 3.8) is 0 Å². The minimum atomic E-state index is -0.943. The van der Waals surface area contributed by atoms with Gasteiger partial charge >= 0.3 is 5.97 Å². The summed E-state index contributed by atoms with van der Waals surface area (Å²) < 4.78 is 0. The number of carbonyl (C=O) groups is 2. The summed E-state index contributed by atoms with van der Waals surface area (Å²) in [7, 11) is 0. The first-order valence-corrected chi connectivity index (χ1v) is 7.21. The third-order valence-corrected chi connectivity index (χ3v) is 4.66. The highest BCUT2D eigenvalue weighted by Crippen LogP contribution is 2.42. The third kappa shape index (κ3) is 2.48. The number of carbonyl (C=O) groups excluding carboxylic acids is 1. The van der Waals surface area contributed by atoms with Gasteiger partial charge in [0.05, 0.1) is 5.54 Å². The van der Waals surface area contributed by atoms with Crippen molar-refractivity contribution in [2.24, 2.45) is 17.6 Å². The van der Waals surface area contributed by atoms with Gasteiger partial charge in [0.1, 0.15) is 6.04 Å². The molecule has 5 heteroatoms. The van der Waals surface area contributed by atoms with E-state index in [1.807, 2.05) is 6.92 Å². The van der Waals surface area contributed by atoms with E-state index < -0.39 is 17.6 Å². The van der Waals surface area contributed by atoms with Crippen LogP contribution in [0.5, 0.6) is 0 Å². The second-order valence-corrected chi connectivity index (χ2v) is 6.26. The maximum atomic E-state index is 12.5. The number of carboxylic acid groups (broad SMARTS) is 1. The van der Waals surface area contributed by atoms with E-state index in [0.29, 0.717) is 18.9 Å². The van der Waals surface area contributed by atoms with Crippen LogP contribution in [-0.4, -0.2) is 40.0 Å². The lowest BCUT2D eigenvalue weighted by Crippen LogP contribution is -2.56. The number of rotatable bonds is 4. The van der Waals surface area contributed by atoms with E-state index in [4.69, 9.17) is 5.73 Å². The zero-order chi connectivity index (χ0) is 14.2. The van der Waals surface area contributed by atoms with E-state index in [2.05, 4.69) is 0 Å². The largest absolute Gasteiger partial charge is 0.480 e. The van der Waals surface area contributed by atoms with E-state index in [0.717, 1.165) is 25.7 Å². The van der Waals surface area contributed by atoms with Crippen molar-refractivity contribution in [1.82, 2.24) is 4.90 Å². The normalized spacial score (nSPS) is 33.0. The first-order valence-electron chi connectivity index (χ1n) is 7.21. The van der Waals surface area contributed by atoms with Gasteiger partial charge in [-0.25, -0.2) is 4.79 Å². The minimum Gasteiger partial charge on any atom is -0.480 e. The van der Waals surface area contributed by atoms with E-state index >= 15 is 0 Å². The molecule has 1 heterocycles. The highest BCUT2D eigenvalue weighted by molar-refractivity contribution is 5.90. The molecule has 2 aliphatic rings. The van der Waals surface area contributed by atoms with E-state index in [1.165, 1.54) is 4.90 Å². The van der Waals surface area contributed by atoms with Crippen molar-refractivity contribution in [3.8, 4) is 0 Å². The predicted molar refractivity (Wildman–Crippen MR) is 71.5 cm³/mol. The Morgan fingerprint density at radius 2 is 2.11 bits per heavy atom. The average Bonchev–Trinajstić information content (AvgIpc) is 2.85. The summed E-state index contributed by atoms with van der Waals surface area (Å²) in [4.78, 5) is 25.6. The van der Waals surface area contributed by atoms with Crippen LogP contribution in [-0.2, 0) is 9.59 Å². The van der Waals surface area contributed by atoms with Crippen LogP contribution in [0, 0.1) is 11.8 Å². The smallest absolute Gasteiger partial charge is 0.326 e. The van der Waals surface area contributed by atoms with Gasteiger partial charge in [-0.2, -0.15) is 0 Å². The lowest BCUT2D eigenvalue weighted by molar-refractivity contribution is -0.151.